The van der Waals surface area contributed by atoms with Gasteiger partial charge in [-0.05, 0) is 18.5 Å². The van der Waals surface area contributed by atoms with E-state index >= 15 is 0 Å². The van der Waals surface area contributed by atoms with Gasteiger partial charge in [-0.2, -0.15) is 0 Å². The fraction of sp³-hybridized carbons (Fsp3) is 0.538. The van der Waals surface area contributed by atoms with Gasteiger partial charge in [-0.3, -0.25) is 0 Å². The Morgan fingerprint density at radius 3 is 2.07 bits per heavy atom. The molecule has 0 aromatic heterocycles. The Labute approximate surface area is 88.5 Å². The Balaban J connectivity index is 0.000000791. The van der Waals surface area contributed by atoms with Gasteiger partial charge in [0.1, 0.15) is 0 Å². The predicted octanol–water partition coefficient (Wildman–Crippen LogP) is 3.77. The zero-order valence-corrected chi connectivity index (χ0v) is 9.88. The molecule has 14 heavy (non-hydrogen) atoms. The second-order valence-electron chi connectivity index (χ2n) is 2.93. The molecular formula is C13H23N. The molecular weight excluding hydrogens is 170 g/mol. The Morgan fingerprint density at radius 2 is 1.64 bits per heavy atom. The van der Waals surface area contributed by atoms with Crippen LogP contribution in [0.5, 0.6) is 0 Å². The zero-order valence-electron chi connectivity index (χ0n) is 9.88. The fourth-order valence-electron chi connectivity index (χ4n) is 1.43. The number of hydrogen-bond acceptors (Lipinski definition) is 1. The molecule has 1 heteroatoms. The number of hydrogen-bond donors (Lipinski definition) is 1. The van der Waals surface area contributed by atoms with Crippen molar-refractivity contribution in [2.24, 2.45) is 0 Å². The maximum absolute atomic E-state index is 3.45. The van der Waals surface area contributed by atoms with Crippen LogP contribution in [0.2, 0.25) is 0 Å². The molecule has 0 aliphatic carbocycles. The van der Waals surface area contributed by atoms with Gasteiger partial charge in [-0.25, -0.2) is 0 Å². The molecule has 0 saturated carbocycles. The Kier molecular flexibility index (Phi) is 8.25. The first-order valence-corrected chi connectivity index (χ1v) is 5.66. The highest BCUT2D eigenvalue weighted by molar-refractivity contribution is 5.18. The van der Waals surface area contributed by atoms with E-state index in [2.05, 4.69) is 49.5 Å². The molecule has 1 aromatic rings. The third kappa shape index (κ3) is 4.43. The summed E-state index contributed by atoms with van der Waals surface area (Å²) in [4.78, 5) is 0. The highest BCUT2D eigenvalue weighted by Crippen LogP contribution is 2.14. The fourth-order valence-corrected chi connectivity index (χ4v) is 1.43. The van der Waals surface area contributed by atoms with Gasteiger partial charge < -0.3 is 5.32 Å². The van der Waals surface area contributed by atoms with Crippen LogP contribution in [0.1, 0.15) is 45.7 Å². The van der Waals surface area contributed by atoms with Crippen LogP contribution in [0.25, 0.3) is 0 Å². The SMILES string of the molecule is CC.CCNC(CC)c1ccccc1. The van der Waals surface area contributed by atoms with E-state index in [1.807, 2.05) is 13.8 Å². The van der Waals surface area contributed by atoms with Crippen LogP contribution >= 0.6 is 0 Å². The lowest BCUT2D eigenvalue weighted by Crippen LogP contribution is -2.19. The summed E-state index contributed by atoms with van der Waals surface area (Å²) >= 11 is 0. The molecule has 0 amide bonds. The van der Waals surface area contributed by atoms with Gasteiger partial charge in [0.05, 0.1) is 0 Å². The summed E-state index contributed by atoms with van der Waals surface area (Å²) in [6.07, 6.45) is 1.15. The lowest BCUT2D eigenvalue weighted by Gasteiger charge is -2.15. The Morgan fingerprint density at radius 1 is 1.07 bits per heavy atom. The van der Waals surface area contributed by atoms with Crippen LogP contribution in [0.3, 0.4) is 0 Å². The van der Waals surface area contributed by atoms with E-state index in [0.717, 1.165) is 13.0 Å². The van der Waals surface area contributed by atoms with E-state index < -0.39 is 0 Å². The first-order valence-electron chi connectivity index (χ1n) is 5.66. The van der Waals surface area contributed by atoms with Gasteiger partial charge in [0.15, 0.2) is 0 Å². The van der Waals surface area contributed by atoms with Gasteiger partial charge in [0, 0.05) is 6.04 Å². The molecule has 0 saturated heterocycles. The van der Waals surface area contributed by atoms with E-state index in [0.29, 0.717) is 6.04 Å². The zero-order chi connectivity index (χ0) is 10.8. The minimum atomic E-state index is 0.524. The molecule has 1 unspecified atom stereocenters. The van der Waals surface area contributed by atoms with Crippen molar-refractivity contribution in [3.8, 4) is 0 Å². The van der Waals surface area contributed by atoms with Crippen molar-refractivity contribution in [2.75, 3.05) is 6.54 Å². The quantitative estimate of drug-likeness (QED) is 0.767. The monoisotopic (exact) mass is 193 g/mol. The second-order valence-corrected chi connectivity index (χ2v) is 2.93. The van der Waals surface area contributed by atoms with Crippen molar-refractivity contribution in [1.29, 1.82) is 0 Å². The van der Waals surface area contributed by atoms with Gasteiger partial charge >= 0.3 is 0 Å². The summed E-state index contributed by atoms with van der Waals surface area (Å²) in [6, 6.07) is 11.1. The molecule has 0 radical (unpaired) electrons. The van der Waals surface area contributed by atoms with Gasteiger partial charge in [0.25, 0.3) is 0 Å². The van der Waals surface area contributed by atoms with Crippen LogP contribution < -0.4 is 5.32 Å². The Bertz CT molecular complexity index is 206. The number of nitrogens with one attached hydrogen (secondary N) is 1. The first kappa shape index (κ1) is 13.2. The Hall–Kier alpha value is -0.820. The maximum Gasteiger partial charge on any atom is 0.0317 e. The van der Waals surface area contributed by atoms with Crippen molar-refractivity contribution >= 4 is 0 Å². The summed E-state index contributed by atoms with van der Waals surface area (Å²) < 4.78 is 0. The van der Waals surface area contributed by atoms with E-state index in [4.69, 9.17) is 0 Å². The topological polar surface area (TPSA) is 12.0 Å². The van der Waals surface area contributed by atoms with E-state index in [1.54, 1.807) is 0 Å². The molecule has 1 N–H and O–H groups in total. The van der Waals surface area contributed by atoms with Gasteiger partial charge in [0.2, 0.25) is 0 Å². The molecule has 0 aliphatic heterocycles. The predicted molar refractivity (Wildman–Crippen MR) is 64.5 cm³/mol. The minimum absolute atomic E-state index is 0.524. The van der Waals surface area contributed by atoms with Crippen molar-refractivity contribution in [3.63, 3.8) is 0 Å². The minimum Gasteiger partial charge on any atom is -0.310 e. The second kappa shape index (κ2) is 8.76. The van der Waals surface area contributed by atoms with Crippen LogP contribution in [-0.2, 0) is 0 Å². The summed E-state index contributed by atoms with van der Waals surface area (Å²) in [5, 5.41) is 3.45. The largest absolute Gasteiger partial charge is 0.310 e. The molecule has 1 aromatic carbocycles. The first-order chi connectivity index (χ1) is 6.88. The molecule has 1 nitrogen and oxygen atoms in total. The average Bonchev–Trinajstić information content (AvgIpc) is 2.30. The molecule has 80 valence electrons. The van der Waals surface area contributed by atoms with Crippen LogP contribution in [-0.4, -0.2) is 6.54 Å². The molecule has 0 aliphatic rings. The molecule has 0 heterocycles. The maximum atomic E-state index is 3.45. The van der Waals surface area contributed by atoms with Crippen molar-refractivity contribution in [1.82, 2.24) is 5.32 Å². The molecule has 1 atom stereocenters. The third-order valence-corrected chi connectivity index (χ3v) is 2.06. The highest BCUT2D eigenvalue weighted by Gasteiger charge is 2.04. The molecule has 0 spiro atoms. The summed E-state index contributed by atoms with van der Waals surface area (Å²) in [6.45, 7) is 9.39. The highest BCUT2D eigenvalue weighted by atomic mass is 14.9. The average molecular weight is 193 g/mol. The lowest BCUT2D eigenvalue weighted by molar-refractivity contribution is 0.537. The van der Waals surface area contributed by atoms with Gasteiger partial charge in [-0.1, -0.05) is 58.0 Å². The van der Waals surface area contributed by atoms with E-state index in [9.17, 15) is 0 Å². The van der Waals surface area contributed by atoms with E-state index in [1.165, 1.54) is 5.56 Å². The van der Waals surface area contributed by atoms with Gasteiger partial charge in [-0.15, -0.1) is 0 Å². The summed E-state index contributed by atoms with van der Waals surface area (Å²) in [5.41, 5.74) is 1.39. The number of benzene rings is 1. The lowest BCUT2D eigenvalue weighted by atomic mass is 10.1. The van der Waals surface area contributed by atoms with Crippen LogP contribution in [0, 0.1) is 0 Å². The molecule has 0 bridgehead atoms. The number of rotatable bonds is 4. The smallest absolute Gasteiger partial charge is 0.0317 e. The summed E-state index contributed by atoms with van der Waals surface area (Å²) in [7, 11) is 0. The van der Waals surface area contributed by atoms with Crippen molar-refractivity contribution < 1.29 is 0 Å². The summed E-state index contributed by atoms with van der Waals surface area (Å²) in [5.74, 6) is 0. The van der Waals surface area contributed by atoms with Crippen molar-refractivity contribution in [3.05, 3.63) is 35.9 Å². The third-order valence-electron chi connectivity index (χ3n) is 2.06. The van der Waals surface area contributed by atoms with E-state index in [-0.39, 0.29) is 0 Å². The molecule has 0 fully saturated rings. The standard InChI is InChI=1S/C11H17N.C2H6/c1-3-11(12-4-2)10-8-6-5-7-9-10;1-2/h5-9,11-12H,3-4H2,1-2H3;1-2H3. The van der Waals surface area contributed by atoms with Crippen molar-refractivity contribution in [2.45, 2.75) is 40.2 Å². The van der Waals surface area contributed by atoms with Crippen LogP contribution in [0.4, 0.5) is 0 Å². The molecule has 1 rings (SSSR count). The van der Waals surface area contributed by atoms with Crippen LogP contribution in [0.15, 0.2) is 30.3 Å². The normalized spacial score (nSPS) is 11.4.